The van der Waals surface area contributed by atoms with Crippen molar-refractivity contribution in [2.24, 2.45) is 0 Å². The average molecular weight is 359 g/mol. The molecule has 1 N–H and O–H groups in total. The molecular weight excluding hydrogens is 352 g/mol. The molecule has 3 nitrogen and oxygen atoms in total. The Bertz CT molecular complexity index is 860. The Morgan fingerprint density at radius 2 is 1.52 bits per heavy atom. The monoisotopic (exact) mass is 359 g/mol. The molecule has 2 rings (SSSR count). The van der Waals surface area contributed by atoms with Crippen molar-refractivity contribution in [2.45, 2.75) is 12.4 Å². The minimum Gasteiger partial charge on any atom is -0.478 e. The zero-order chi connectivity index (χ0) is 19.0. The number of carbonyl (C=O) groups is 1. The van der Waals surface area contributed by atoms with E-state index in [1.165, 1.54) is 0 Å². The van der Waals surface area contributed by atoms with Crippen LogP contribution in [-0.2, 0) is 12.4 Å². The van der Waals surface area contributed by atoms with Gasteiger partial charge in [0.05, 0.1) is 28.3 Å². The van der Waals surface area contributed by atoms with Gasteiger partial charge < -0.3 is 5.11 Å². The van der Waals surface area contributed by atoms with Gasteiger partial charge >= 0.3 is 18.3 Å². The number of alkyl halides is 6. The second kappa shape index (κ2) is 6.12. The van der Waals surface area contributed by atoms with Gasteiger partial charge in [0.15, 0.2) is 0 Å². The number of halogens is 6. The van der Waals surface area contributed by atoms with Crippen LogP contribution in [-0.4, -0.2) is 11.1 Å². The molecule has 0 atom stereocenters. The summed E-state index contributed by atoms with van der Waals surface area (Å²) in [5.41, 5.74) is -4.40. The molecule has 0 radical (unpaired) electrons. The predicted octanol–water partition coefficient (Wildman–Crippen LogP) is 4.96. The molecule has 2 aromatic carbocycles. The van der Waals surface area contributed by atoms with Crippen LogP contribution in [0.5, 0.6) is 0 Å². The summed E-state index contributed by atoms with van der Waals surface area (Å²) in [5.74, 6) is -1.87. The lowest BCUT2D eigenvalue weighted by atomic mass is 9.93. The number of carboxylic acids is 1. The maximum atomic E-state index is 13.1. The first-order chi connectivity index (χ1) is 11.4. The summed E-state index contributed by atoms with van der Waals surface area (Å²) >= 11 is 0. The van der Waals surface area contributed by atoms with Crippen molar-refractivity contribution in [3.63, 3.8) is 0 Å². The van der Waals surface area contributed by atoms with Crippen molar-refractivity contribution in [1.29, 1.82) is 5.26 Å². The van der Waals surface area contributed by atoms with Crippen LogP contribution in [0.25, 0.3) is 11.1 Å². The molecule has 0 unspecified atom stereocenters. The molecule has 0 spiro atoms. The van der Waals surface area contributed by atoms with Gasteiger partial charge in [0.25, 0.3) is 0 Å². The predicted molar refractivity (Wildman–Crippen MR) is 73.6 cm³/mol. The molecule has 130 valence electrons. The highest BCUT2D eigenvalue weighted by molar-refractivity contribution is 5.92. The molecule has 0 aliphatic rings. The third-order valence-electron chi connectivity index (χ3n) is 3.34. The summed E-state index contributed by atoms with van der Waals surface area (Å²) < 4.78 is 76.9. The summed E-state index contributed by atoms with van der Waals surface area (Å²) in [6, 6.07) is 5.72. The SMILES string of the molecule is N#Cc1cc(C(=O)O)c(C(F)(F)F)cc1-c1ccc(C(F)(F)F)cc1. The first-order valence-corrected chi connectivity index (χ1v) is 6.51. The van der Waals surface area contributed by atoms with Crippen LogP contribution in [0, 0.1) is 11.3 Å². The number of carboxylic acid groups (broad SMARTS) is 1. The number of rotatable bonds is 2. The third kappa shape index (κ3) is 3.74. The lowest BCUT2D eigenvalue weighted by molar-refractivity contribution is -0.138. The minimum absolute atomic E-state index is 0.0769. The van der Waals surface area contributed by atoms with Gasteiger partial charge in [0.2, 0.25) is 0 Å². The summed E-state index contributed by atoms with van der Waals surface area (Å²) in [7, 11) is 0. The Balaban J connectivity index is 2.69. The summed E-state index contributed by atoms with van der Waals surface area (Å²) in [4.78, 5) is 11.0. The van der Waals surface area contributed by atoms with Crippen molar-refractivity contribution >= 4 is 5.97 Å². The van der Waals surface area contributed by atoms with Gasteiger partial charge in [-0.2, -0.15) is 31.6 Å². The van der Waals surface area contributed by atoms with E-state index >= 15 is 0 Å². The molecule has 0 fully saturated rings. The number of hydrogen-bond acceptors (Lipinski definition) is 2. The summed E-state index contributed by atoms with van der Waals surface area (Å²) in [6.07, 6.45) is -9.64. The highest BCUT2D eigenvalue weighted by Crippen LogP contribution is 2.37. The summed E-state index contributed by atoms with van der Waals surface area (Å²) in [6.45, 7) is 0. The maximum Gasteiger partial charge on any atom is 0.417 e. The van der Waals surface area contributed by atoms with Crippen LogP contribution in [0.1, 0.15) is 27.0 Å². The van der Waals surface area contributed by atoms with Crippen LogP contribution in [0.4, 0.5) is 26.3 Å². The largest absolute Gasteiger partial charge is 0.478 e. The maximum absolute atomic E-state index is 13.1. The van der Waals surface area contributed by atoms with Crippen molar-refractivity contribution in [1.82, 2.24) is 0 Å². The smallest absolute Gasteiger partial charge is 0.417 e. The fourth-order valence-corrected chi connectivity index (χ4v) is 2.18. The van der Waals surface area contributed by atoms with Crippen molar-refractivity contribution in [3.05, 3.63) is 58.7 Å². The topological polar surface area (TPSA) is 61.1 Å². The van der Waals surface area contributed by atoms with Crippen molar-refractivity contribution in [3.8, 4) is 17.2 Å². The van der Waals surface area contributed by atoms with Gasteiger partial charge in [-0.15, -0.1) is 0 Å². The van der Waals surface area contributed by atoms with E-state index in [4.69, 9.17) is 10.4 Å². The molecule has 0 heterocycles. The molecule has 25 heavy (non-hydrogen) atoms. The molecule has 0 amide bonds. The first-order valence-electron chi connectivity index (χ1n) is 6.51. The molecule has 0 aliphatic carbocycles. The molecule has 2 aromatic rings. The summed E-state index contributed by atoms with van der Waals surface area (Å²) in [5, 5.41) is 18.0. The first kappa shape index (κ1) is 18.3. The third-order valence-corrected chi connectivity index (χ3v) is 3.34. The van der Waals surface area contributed by atoms with Gasteiger partial charge in [0.1, 0.15) is 0 Å². The average Bonchev–Trinajstić information content (AvgIpc) is 2.52. The van der Waals surface area contributed by atoms with Gasteiger partial charge in [-0.25, -0.2) is 4.79 Å². The Labute approximate surface area is 136 Å². The highest BCUT2D eigenvalue weighted by atomic mass is 19.4. The van der Waals surface area contributed by atoms with E-state index in [0.29, 0.717) is 24.3 Å². The van der Waals surface area contributed by atoms with E-state index in [0.717, 1.165) is 12.1 Å². The van der Waals surface area contributed by atoms with E-state index in [2.05, 4.69) is 0 Å². The zero-order valence-corrected chi connectivity index (χ0v) is 12.0. The molecular formula is C16H7F6NO2. The molecule has 0 aliphatic heterocycles. The van der Waals surface area contributed by atoms with Gasteiger partial charge in [0, 0.05) is 5.56 Å². The van der Waals surface area contributed by atoms with Crippen LogP contribution in [0.15, 0.2) is 36.4 Å². The number of benzene rings is 2. The lowest BCUT2D eigenvalue weighted by Crippen LogP contribution is -2.14. The second-order valence-corrected chi connectivity index (χ2v) is 4.93. The van der Waals surface area contributed by atoms with E-state index in [9.17, 15) is 31.1 Å². The minimum atomic E-state index is -5.01. The van der Waals surface area contributed by atoms with Crippen LogP contribution in [0.3, 0.4) is 0 Å². The van der Waals surface area contributed by atoms with Gasteiger partial charge in [-0.3, -0.25) is 0 Å². The molecule has 0 saturated carbocycles. The molecule has 0 bridgehead atoms. The number of nitriles is 1. The Morgan fingerprint density at radius 3 is 1.92 bits per heavy atom. The van der Waals surface area contributed by atoms with Crippen LogP contribution in [0.2, 0.25) is 0 Å². The fraction of sp³-hybridized carbons (Fsp3) is 0.125. The van der Waals surface area contributed by atoms with Crippen molar-refractivity contribution < 1.29 is 36.2 Å². The fourth-order valence-electron chi connectivity index (χ4n) is 2.18. The number of hydrogen-bond donors (Lipinski definition) is 1. The van der Waals surface area contributed by atoms with E-state index in [-0.39, 0.29) is 11.1 Å². The van der Waals surface area contributed by atoms with Gasteiger partial charge in [-0.05, 0) is 29.8 Å². The van der Waals surface area contributed by atoms with E-state index in [1.54, 1.807) is 6.07 Å². The standard InChI is InChI=1S/C16H7F6NO2/c17-15(18,19)10-3-1-8(2-4-10)11-6-13(16(20,21)22)12(14(24)25)5-9(11)7-23/h1-6H,(H,24,25). The second-order valence-electron chi connectivity index (χ2n) is 4.93. The lowest BCUT2D eigenvalue weighted by Gasteiger charge is -2.14. The Kier molecular flexibility index (Phi) is 4.49. The van der Waals surface area contributed by atoms with E-state index in [1.807, 2.05) is 0 Å². The molecule has 0 aromatic heterocycles. The molecule has 0 saturated heterocycles. The zero-order valence-electron chi connectivity index (χ0n) is 12.0. The van der Waals surface area contributed by atoms with Crippen molar-refractivity contribution in [2.75, 3.05) is 0 Å². The van der Waals surface area contributed by atoms with E-state index < -0.39 is 40.6 Å². The molecule has 9 heteroatoms. The van der Waals surface area contributed by atoms with Crippen LogP contribution < -0.4 is 0 Å². The quantitative estimate of drug-likeness (QED) is 0.771. The number of nitrogens with zero attached hydrogens (tertiary/aromatic N) is 1. The highest BCUT2D eigenvalue weighted by Gasteiger charge is 2.36. The Hall–Kier alpha value is -3.02. The van der Waals surface area contributed by atoms with Crippen LogP contribution >= 0.6 is 0 Å². The number of aromatic carboxylic acids is 1. The Morgan fingerprint density at radius 1 is 0.960 bits per heavy atom. The normalized spacial score (nSPS) is 11.9. The van der Waals surface area contributed by atoms with Gasteiger partial charge in [-0.1, -0.05) is 12.1 Å².